The number of nitrogens with one attached hydrogen (secondary N) is 3. The molecule has 3 amide bonds. The average molecular weight is 776 g/mol. The van der Waals surface area contributed by atoms with Gasteiger partial charge in [0.1, 0.15) is 11.6 Å². The Morgan fingerprint density at radius 1 is 0.849 bits per heavy atom. The molecule has 13 nitrogen and oxygen atoms in total. The number of aryl methyl sites for hydroxylation is 3. The van der Waals surface area contributed by atoms with Gasteiger partial charge in [0, 0.05) is 63.9 Å². The lowest BCUT2D eigenvalue weighted by Gasteiger charge is -2.38. The van der Waals surface area contributed by atoms with Crippen LogP contribution in [0, 0.1) is 0 Å². The SMILES string of the molecule is C/C=C(\C)COC1CN(C(=O)/C=C/c2cnc3c(c2)CCC(=O)N3)C1.C/C=C(\C)COC1CNC1.Cl.Cl.O=C(O)CCc1cnc2c(c1)CCC(=O)N2. The third-order valence-electron chi connectivity index (χ3n) is 8.80. The van der Waals surface area contributed by atoms with Crippen LogP contribution >= 0.6 is 24.8 Å². The van der Waals surface area contributed by atoms with Gasteiger partial charge in [0.05, 0.1) is 25.4 Å². The fourth-order valence-corrected chi connectivity index (χ4v) is 5.10. The second kappa shape index (κ2) is 22.8. The van der Waals surface area contributed by atoms with Gasteiger partial charge in [-0.05, 0) is 81.4 Å². The van der Waals surface area contributed by atoms with Crippen LogP contribution in [0.2, 0.25) is 0 Å². The van der Waals surface area contributed by atoms with Crippen LogP contribution in [0.5, 0.6) is 0 Å². The molecule has 0 saturated carbocycles. The first-order chi connectivity index (χ1) is 24.5. The van der Waals surface area contributed by atoms with Gasteiger partial charge < -0.3 is 35.4 Å². The summed E-state index contributed by atoms with van der Waals surface area (Å²) >= 11 is 0. The smallest absolute Gasteiger partial charge is 0.303 e. The number of pyridine rings is 2. The molecule has 0 bridgehead atoms. The number of aliphatic carboxylic acids is 1. The Balaban J connectivity index is 0.000000298. The minimum absolute atomic E-state index is 0. The van der Waals surface area contributed by atoms with Crippen molar-refractivity contribution in [1.29, 1.82) is 0 Å². The van der Waals surface area contributed by atoms with Crippen molar-refractivity contribution in [2.45, 2.75) is 78.4 Å². The van der Waals surface area contributed by atoms with E-state index < -0.39 is 5.97 Å². The number of carbonyl (C=O) groups is 4. The maximum absolute atomic E-state index is 12.2. The van der Waals surface area contributed by atoms with Crippen molar-refractivity contribution in [2.75, 3.05) is 50.0 Å². The molecule has 6 rings (SSSR count). The topological polar surface area (TPSA) is 172 Å². The second-order valence-electron chi connectivity index (χ2n) is 13.0. The Morgan fingerprint density at radius 3 is 1.92 bits per heavy atom. The Hall–Kier alpha value is -4.14. The van der Waals surface area contributed by atoms with Crippen molar-refractivity contribution in [1.82, 2.24) is 20.2 Å². The lowest BCUT2D eigenvalue weighted by Crippen LogP contribution is -2.54. The molecule has 0 aliphatic carbocycles. The van der Waals surface area contributed by atoms with Gasteiger partial charge in [-0.1, -0.05) is 29.4 Å². The van der Waals surface area contributed by atoms with E-state index in [1.807, 2.05) is 39.0 Å². The molecule has 53 heavy (non-hydrogen) atoms. The number of carbonyl (C=O) groups excluding carboxylic acids is 3. The van der Waals surface area contributed by atoms with Crippen molar-refractivity contribution >= 4 is 66.2 Å². The molecular weight excluding hydrogens is 723 g/mol. The fraction of sp³-hybridized carbons (Fsp3) is 0.474. The molecule has 2 fully saturated rings. The van der Waals surface area contributed by atoms with Gasteiger partial charge in [0.25, 0.3) is 0 Å². The summed E-state index contributed by atoms with van der Waals surface area (Å²) < 4.78 is 11.2. The number of halogens is 2. The van der Waals surface area contributed by atoms with E-state index in [0.717, 1.165) is 42.0 Å². The predicted octanol–water partition coefficient (Wildman–Crippen LogP) is 4.94. The van der Waals surface area contributed by atoms with Gasteiger partial charge in [-0.15, -0.1) is 24.8 Å². The van der Waals surface area contributed by atoms with Gasteiger partial charge >= 0.3 is 5.97 Å². The van der Waals surface area contributed by atoms with Gasteiger partial charge in [-0.2, -0.15) is 0 Å². The van der Waals surface area contributed by atoms with Crippen molar-refractivity contribution in [2.24, 2.45) is 0 Å². The number of aromatic nitrogens is 2. The standard InChI is InChI=1S/C19H23N3O3.C11H12N2O3.C8H15NO.2ClH/c1-3-13(2)12-25-16-10-22(11-16)18(24)7-4-14-8-15-5-6-17(23)21-19(15)20-9-14;14-9-3-2-8-5-7(1-4-10(15)16)6-12-11(8)13-9;1-3-7(2)6-10-8-4-9-5-8;;/h3-4,7-9,16H,5-6,10-12H2,1-2H3,(H,20,21,23);5-6H,1-4H2,(H,15,16)(H,12,13,14);3,8-9H,4-6H2,1-2H3;2*1H/b7-4+,13-3+;;7-3+;;. The van der Waals surface area contributed by atoms with Crippen molar-refractivity contribution in [3.63, 3.8) is 0 Å². The zero-order chi connectivity index (χ0) is 36.8. The molecule has 6 heterocycles. The number of fused-ring (bicyclic) bond motifs is 2. The highest BCUT2D eigenvalue weighted by molar-refractivity contribution is 5.94. The fourth-order valence-electron chi connectivity index (χ4n) is 5.10. The summed E-state index contributed by atoms with van der Waals surface area (Å²) in [6.07, 6.45) is 14.2. The van der Waals surface area contributed by atoms with E-state index in [0.29, 0.717) is 69.5 Å². The molecule has 2 aromatic rings. The number of hydrogen-bond acceptors (Lipinski definition) is 9. The van der Waals surface area contributed by atoms with E-state index in [1.54, 1.807) is 29.4 Å². The lowest BCUT2D eigenvalue weighted by atomic mass is 10.0. The second-order valence-corrected chi connectivity index (χ2v) is 13.0. The first-order valence-corrected chi connectivity index (χ1v) is 17.5. The normalized spacial score (nSPS) is 16.7. The Morgan fingerprint density at radius 2 is 1.40 bits per heavy atom. The molecule has 2 saturated heterocycles. The quantitative estimate of drug-likeness (QED) is 0.181. The summed E-state index contributed by atoms with van der Waals surface area (Å²) in [4.78, 5) is 55.2. The van der Waals surface area contributed by atoms with E-state index >= 15 is 0 Å². The third-order valence-corrected chi connectivity index (χ3v) is 8.80. The summed E-state index contributed by atoms with van der Waals surface area (Å²) in [6.45, 7) is 12.9. The van der Waals surface area contributed by atoms with Crippen LogP contribution in [0.15, 0.2) is 53.9 Å². The number of nitrogens with zero attached hydrogens (tertiary/aromatic N) is 3. The van der Waals surface area contributed by atoms with E-state index in [4.69, 9.17) is 14.6 Å². The largest absolute Gasteiger partial charge is 0.481 e. The van der Waals surface area contributed by atoms with Crippen LogP contribution in [0.1, 0.15) is 69.2 Å². The van der Waals surface area contributed by atoms with Crippen LogP contribution in [0.4, 0.5) is 11.6 Å². The van der Waals surface area contributed by atoms with E-state index in [-0.39, 0.29) is 55.1 Å². The van der Waals surface area contributed by atoms with Crippen LogP contribution in [0.25, 0.3) is 6.08 Å². The highest BCUT2D eigenvalue weighted by Gasteiger charge is 2.30. The first-order valence-electron chi connectivity index (χ1n) is 17.5. The minimum atomic E-state index is -0.814. The molecule has 290 valence electrons. The number of allylic oxidation sites excluding steroid dienone is 2. The van der Waals surface area contributed by atoms with E-state index in [9.17, 15) is 19.2 Å². The first kappa shape index (κ1) is 45.0. The molecule has 0 aromatic carbocycles. The van der Waals surface area contributed by atoms with Crippen molar-refractivity contribution in [3.8, 4) is 0 Å². The monoisotopic (exact) mass is 774 g/mol. The highest BCUT2D eigenvalue weighted by atomic mass is 35.5. The molecule has 0 unspecified atom stereocenters. The average Bonchev–Trinajstić information content (AvgIpc) is 3.08. The summed E-state index contributed by atoms with van der Waals surface area (Å²) in [5, 5.41) is 17.2. The molecule has 0 spiro atoms. The molecule has 4 aliphatic heterocycles. The molecule has 2 aromatic heterocycles. The molecular formula is C38H52Cl2N6O7. The number of anilines is 2. The Bertz CT molecular complexity index is 1660. The third kappa shape index (κ3) is 15.0. The zero-order valence-electron chi connectivity index (χ0n) is 30.8. The van der Waals surface area contributed by atoms with Crippen LogP contribution in [-0.2, 0) is 47.9 Å². The summed E-state index contributed by atoms with van der Waals surface area (Å²) in [5.74, 6) is 0.379. The van der Waals surface area contributed by atoms with Crippen LogP contribution in [0.3, 0.4) is 0 Å². The van der Waals surface area contributed by atoms with Gasteiger partial charge in [-0.3, -0.25) is 19.2 Å². The molecule has 0 radical (unpaired) electrons. The van der Waals surface area contributed by atoms with Gasteiger partial charge in [-0.25, -0.2) is 9.97 Å². The summed E-state index contributed by atoms with van der Waals surface area (Å²) in [6, 6.07) is 3.89. The van der Waals surface area contributed by atoms with Gasteiger partial charge in [0.2, 0.25) is 17.7 Å². The van der Waals surface area contributed by atoms with Gasteiger partial charge in [0.15, 0.2) is 0 Å². The number of ether oxygens (including phenoxy) is 2. The van der Waals surface area contributed by atoms with Crippen molar-refractivity contribution in [3.05, 3.63) is 76.2 Å². The number of amides is 3. The van der Waals surface area contributed by atoms with E-state index in [2.05, 4.69) is 38.9 Å². The predicted molar refractivity (Wildman–Crippen MR) is 210 cm³/mol. The highest BCUT2D eigenvalue weighted by Crippen LogP contribution is 2.23. The molecule has 4 aliphatic rings. The molecule has 0 atom stereocenters. The Labute approximate surface area is 323 Å². The number of hydrogen-bond donors (Lipinski definition) is 4. The maximum Gasteiger partial charge on any atom is 0.303 e. The Kier molecular flexibility index (Phi) is 19.4. The maximum atomic E-state index is 12.2. The van der Waals surface area contributed by atoms with E-state index in [1.165, 1.54) is 11.1 Å². The van der Waals surface area contributed by atoms with Crippen LogP contribution < -0.4 is 16.0 Å². The molecule has 15 heteroatoms. The summed E-state index contributed by atoms with van der Waals surface area (Å²) in [5.41, 5.74) is 6.26. The lowest BCUT2D eigenvalue weighted by molar-refractivity contribution is -0.139. The number of carboxylic acids is 1. The number of carboxylic acid groups (broad SMARTS) is 1. The molecule has 4 N–H and O–H groups in total. The number of likely N-dealkylation sites (tertiary alicyclic amines) is 1. The number of rotatable bonds is 11. The van der Waals surface area contributed by atoms with Crippen molar-refractivity contribution < 1.29 is 33.8 Å². The zero-order valence-corrected chi connectivity index (χ0v) is 32.4. The minimum Gasteiger partial charge on any atom is -0.481 e. The van der Waals surface area contributed by atoms with Crippen LogP contribution in [-0.4, -0.2) is 95.3 Å². The summed E-state index contributed by atoms with van der Waals surface area (Å²) in [7, 11) is 0.